The van der Waals surface area contributed by atoms with Crippen LogP contribution in [-0.2, 0) is 11.0 Å². The Kier molecular flexibility index (Phi) is 8.17. The minimum Gasteiger partial charge on any atom is -0.478 e. The van der Waals surface area contributed by atoms with E-state index in [0.717, 1.165) is 23.9 Å². The van der Waals surface area contributed by atoms with E-state index >= 15 is 0 Å². The number of halogens is 4. The molecule has 1 unspecified atom stereocenters. The summed E-state index contributed by atoms with van der Waals surface area (Å²) in [5.41, 5.74) is -0.887. The lowest BCUT2D eigenvalue weighted by molar-refractivity contribution is -0.137. The van der Waals surface area contributed by atoms with E-state index in [0.29, 0.717) is 21.4 Å². The van der Waals surface area contributed by atoms with Crippen LogP contribution in [0.15, 0.2) is 83.8 Å². The zero-order chi connectivity index (χ0) is 28.3. The van der Waals surface area contributed by atoms with Crippen LogP contribution in [0.4, 0.5) is 24.5 Å². The van der Waals surface area contributed by atoms with Crippen molar-refractivity contribution >= 4 is 63.3 Å². The molecule has 39 heavy (non-hydrogen) atoms. The Bertz CT molecular complexity index is 1590. The highest BCUT2D eigenvalue weighted by Gasteiger charge is 2.34. The van der Waals surface area contributed by atoms with Gasteiger partial charge in [0.15, 0.2) is 0 Å². The fourth-order valence-electron chi connectivity index (χ4n) is 3.91. The molecule has 3 N–H and O–H groups in total. The van der Waals surface area contributed by atoms with E-state index < -0.39 is 40.5 Å². The summed E-state index contributed by atoms with van der Waals surface area (Å²) in [5, 5.41) is 14.6. The number of alkyl halides is 3. The third-order valence-corrected chi connectivity index (χ3v) is 7.03. The quantitative estimate of drug-likeness (QED) is 0.198. The van der Waals surface area contributed by atoms with Crippen LogP contribution >= 0.6 is 23.4 Å². The number of carboxylic acids is 1. The van der Waals surface area contributed by atoms with Gasteiger partial charge in [0.2, 0.25) is 5.91 Å². The lowest BCUT2D eigenvalue weighted by atomic mass is 9.98. The normalized spacial score (nSPS) is 12.1. The van der Waals surface area contributed by atoms with Crippen molar-refractivity contribution in [3.8, 4) is 0 Å². The molecular weight excluding hydrogens is 553 g/mol. The number of amides is 2. The van der Waals surface area contributed by atoms with Crippen molar-refractivity contribution < 1.29 is 32.7 Å². The number of carbonyl (C=O) groups is 3. The molecule has 0 bridgehead atoms. The van der Waals surface area contributed by atoms with Gasteiger partial charge >= 0.3 is 12.1 Å². The van der Waals surface area contributed by atoms with E-state index in [-0.39, 0.29) is 16.1 Å². The third kappa shape index (κ3) is 6.52. The van der Waals surface area contributed by atoms with Gasteiger partial charge in [-0.2, -0.15) is 13.2 Å². The third-order valence-electron chi connectivity index (χ3n) is 5.70. The first-order valence-electron chi connectivity index (χ1n) is 11.4. The minimum absolute atomic E-state index is 0.00300. The Balaban J connectivity index is 1.50. The largest absolute Gasteiger partial charge is 0.478 e. The van der Waals surface area contributed by atoms with Crippen LogP contribution in [0.5, 0.6) is 0 Å². The number of hydrogen-bond donors (Lipinski definition) is 3. The average Bonchev–Trinajstić information content (AvgIpc) is 2.88. The van der Waals surface area contributed by atoms with E-state index in [4.69, 9.17) is 11.6 Å². The number of benzene rings is 4. The summed E-state index contributed by atoms with van der Waals surface area (Å²) in [5.74, 6) is -2.34. The molecule has 0 aliphatic carbocycles. The fraction of sp³-hybridized carbons (Fsp3) is 0.107. The number of hydrogen-bond acceptors (Lipinski definition) is 4. The summed E-state index contributed by atoms with van der Waals surface area (Å²) >= 11 is 6.78. The summed E-state index contributed by atoms with van der Waals surface area (Å²) in [6.07, 6.45) is -4.70. The maximum absolute atomic E-state index is 13.4. The molecule has 0 spiro atoms. The molecule has 11 heteroatoms. The van der Waals surface area contributed by atoms with E-state index in [1.54, 1.807) is 48.5 Å². The van der Waals surface area contributed by atoms with Crippen LogP contribution in [0.25, 0.3) is 10.8 Å². The predicted octanol–water partition coefficient (Wildman–Crippen LogP) is 7.58. The SMILES string of the molecule is CC(Sc1cccc(NC(=O)c2cccc3cccc(C(=O)O)c23)c1)C(=O)Nc1ccc(Cl)cc1C(F)(F)F. The number of nitrogens with one attached hydrogen (secondary N) is 2. The molecule has 0 aliphatic rings. The average molecular weight is 573 g/mol. The molecule has 6 nitrogen and oxygen atoms in total. The summed E-state index contributed by atoms with van der Waals surface area (Å²) in [4.78, 5) is 38.1. The molecule has 0 aromatic heterocycles. The molecule has 0 saturated heterocycles. The van der Waals surface area contributed by atoms with Crippen molar-refractivity contribution in [2.24, 2.45) is 0 Å². The molecule has 0 aliphatic heterocycles. The van der Waals surface area contributed by atoms with Crippen LogP contribution < -0.4 is 10.6 Å². The summed E-state index contributed by atoms with van der Waals surface area (Å²) in [7, 11) is 0. The Morgan fingerprint density at radius 1 is 0.897 bits per heavy atom. The number of aromatic carboxylic acids is 1. The van der Waals surface area contributed by atoms with E-state index in [9.17, 15) is 32.7 Å². The van der Waals surface area contributed by atoms with Gasteiger partial charge in [-0.25, -0.2) is 4.79 Å². The van der Waals surface area contributed by atoms with Crippen molar-refractivity contribution in [1.29, 1.82) is 0 Å². The summed E-state index contributed by atoms with van der Waals surface area (Å²) in [6.45, 7) is 1.54. The van der Waals surface area contributed by atoms with Gasteiger partial charge in [-0.1, -0.05) is 41.9 Å². The van der Waals surface area contributed by atoms with Crippen LogP contribution in [0, 0.1) is 0 Å². The number of carbonyl (C=O) groups excluding carboxylic acids is 2. The zero-order valence-electron chi connectivity index (χ0n) is 20.2. The molecule has 2 amide bonds. The van der Waals surface area contributed by atoms with Crippen molar-refractivity contribution in [3.05, 3.63) is 101 Å². The molecule has 200 valence electrons. The first kappa shape index (κ1) is 28.0. The maximum Gasteiger partial charge on any atom is 0.418 e. The second-order valence-corrected chi connectivity index (χ2v) is 10.3. The van der Waals surface area contributed by atoms with Crippen LogP contribution in [0.1, 0.15) is 33.2 Å². The van der Waals surface area contributed by atoms with Crippen LogP contribution in [0.3, 0.4) is 0 Å². The van der Waals surface area contributed by atoms with Crippen molar-refractivity contribution in [1.82, 2.24) is 0 Å². The topological polar surface area (TPSA) is 95.5 Å². The number of rotatable bonds is 7. The van der Waals surface area contributed by atoms with Gasteiger partial charge in [0.25, 0.3) is 5.91 Å². The molecule has 4 rings (SSSR count). The first-order valence-corrected chi connectivity index (χ1v) is 12.7. The van der Waals surface area contributed by atoms with Crippen LogP contribution in [-0.4, -0.2) is 28.1 Å². The number of fused-ring (bicyclic) bond motifs is 1. The molecule has 0 radical (unpaired) electrons. The molecule has 0 heterocycles. The number of carboxylic acid groups (broad SMARTS) is 1. The molecule has 0 fully saturated rings. The van der Waals surface area contributed by atoms with E-state index in [1.165, 1.54) is 25.1 Å². The highest BCUT2D eigenvalue weighted by Crippen LogP contribution is 2.37. The maximum atomic E-state index is 13.4. The Hall–Kier alpha value is -4.02. The lowest BCUT2D eigenvalue weighted by Gasteiger charge is -2.17. The highest BCUT2D eigenvalue weighted by molar-refractivity contribution is 8.00. The molecule has 0 saturated carbocycles. The summed E-state index contributed by atoms with van der Waals surface area (Å²) < 4.78 is 40.1. The lowest BCUT2D eigenvalue weighted by Crippen LogP contribution is -2.24. The monoisotopic (exact) mass is 572 g/mol. The predicted molar refractivity (Wildman–Crippen MR) is 146 cm³/mol. The molecule has 4 aromatic carbocycles. The molecule has 4 aromatic rings. The van der Waals surface area contributed by atoms with Crippen LogP contribution in [0.2, 0.25) is 5.02 Å². The Labute approximate surface area is 230 Å². The van der Waals surface area contributed by atoms with Gasteiger partial charge in [-0.3, -0.25) is 9.59 Å². The Morgan fingerprint density at radius 3 is 2.23 bits per heavy atom. The second kappa shape index (κ2) is 11.4. The van der Waals surface area contributed by atoms with Crippen molar-refractivity contribution in [3.63, 3.8) is 0 Å². The minimum atomic E-state index is -4.70. The highest BCUT2D eigenvalue weighted by atomic mass is 35.5. The van der Waals surface area contributed by atoms with Gasteiger partial charge < -0.3 is 15.7 Å². The molecular formula is C28H20ClF3N2O4S. The van der Waals surface area contributed by atoms with Gasteiger partial charge in [0.05, 0.1) is 22.1 Å². The van der Waals surface area contributed by atoms with E-state index in [2.05, 4.69) is 10.6 Å². The Morgan fingerprint density at radius 2 is 1.56 bits per heavy atom. The van der Waals surface area contributed by atoms with E-state index in [1.807, 2.05) is 0 Å². The van der Waals surface area contributed by atoms with Gasteiger partial charge in [0, 0.05) is 26.6 Å². The molecule has 1 atom stereocenters. The standard InChI is InChI=1S/C28H20ClF3N2O4S/c1-15(25(35)34-23-12-11-17(29)13-22(23)28(30,31)32)39-19-8-4-7-18(14-19)33-26(36)20-9-2-5-16-6-3-10-21(24(16)20)27(37)38/h2-15H,1H3,(H,33,36)(H,34,35)(H,37,38). The summed E-state index contributed by atoms with van der Waals surface area (Å²) in [6, 6.07) is 19.3. The van der Waals surface area contributed by atoms with Crippen molar-refractivity contribution in [2.75, 3.05) is 10.6 Å². The van der Waals surface area contributed by atoms with Gasteiger partial charge in [-0.15, -0.1) is 11.8 Å². The number of anilines is 2. The first-order chi connectivity index (χ1) is 18.4. The smallest absolute Gasteiger partial charge is 0.418 e. The zero-order valence-corrected chi connectivity index (χ0v) is 21.7. The van der Waals surface area contributed by atoms with Gasteiger partial charge in [-0.05, 0) is 60.8 Å². The van der Waals surface area contributed by atoms with Gasteiger partial charge in [0.1, 0.15) is 0 Å². The second-order valence-electron chi connectivity index (χ2n) is 8.43. The fourth-order valence-corrected chi connectivity index (χ4v) is 5.00. The van der Waals surface area contributed by atoms with Crippen molar-refractivity contribution in [2.45, 2.75) is 23.2 Å². The number of thioether (sulfide) groups is 1.